The van der Waals surface area contributed by atoms with E-state index < -0.39 is 12.1 Å². The quantitative estimate of drug-likeness (QED) is 0.748. The molecular formula is C22H29F3N2O5. The number of para-hydroxylation sites is 1. The van der Waals surface area contributed by atoms with Gasteiger partial charge < -0.3 is 19.5 Å². The van der Waals surface area contributed by atoms with Crippen molar-refractivity contribution < 1.29 is 37.3 Å². The molecule has 3 fully saturated rings. The molecular weight excluding hydrogens is 429 g/mol. The lowest BCUT2D eigenvalue weighted by atomic mass is 9.81. The van der Waals surface area contributed by atoms with Crippen molar-refractivity contribution in [2.24, 2.45) is 11.8 Å². The van der Waals surface area contributed by atoms with Gasteiger partial charge in [0.2, 0.25) is 5.91 Å². The third-order valence-electron chi connectivity index (χ3n) is 6.23. The van der Waals surface area contributed by atoms with Gasteiger partial charge in [0.15, 0.2) is 0 Å². The molecule has 7 nitrogen and oxygen atoms in total. The number of benzene rings is 1. The Bertz CT molecular complexity index is 798. The van der Waals surface area contributed by atoms with E-state index in [2.05, 4.69) is 15.9 Å². The summed E-state index contributed by atoms with van der Waals surface area (Å²) in [6.45, 7) is 5.20. The van der Waals surface area contributed by atoms with Crippen LogP contribution >= 0.6 is 0 Å². The summed E-state index contributed by atoms with van der Waals surface area (Å²) >= 11 is 0. The number of carboxylic acid groups (broad SMARTS) is 1. The van der Waals surface area contributed by atoms with Gasteiger partial charge in [0, 0.05) is 50.8 Å². The number of carbonyl (C=O) groups is 2. The first-order chi connectivity index (χ1) is 15.2. The van der Waals surface area contributed by atoms with E-state index in [1.165, 1.54) is 5.56 Å². The van der Waals surface area contributed by atoms with Crippen molar-refractivity contribution >= 4 is 11.9 Å². The zero-order chi connectivity index (χ0) is 23.3. The molecule has 0 aliphatic carbocycles. The largest absolute Gasteiger partial charge is 0.496 e. The van der Waals surface area contributed by atoms with Crippen LogP contribution in [0.15, 0.2) is 24.3 Å². The first-order valence-electron chi connectivity index (χ1n) is 10.8. The number of ether oxygens (including phenoxy) is 2. The van der Waals surface area contributed by atoms with Gasteiger partial charge in [0.1, 0.15) is 5.75 Å². The lowest BCUT2D eigenvalue weighted by Crippen LogP contribution is -2.52. The van der Waals surface area contributed by atoms with Gasteiger partial charge >= 0.3 is 12.1 Å². The van der Waals surface area contributed by atoms with Crippen LogP contribution in [0.25, 0.3) is 0 Å². The number of carbonyl (C=O) groups excluding carboxylic acids is 1. The van der Waals surface area contributed by atoms with Crippen LogP contribution in [-0.4, -0.2) is 79.0 Å². The molecule has 3 heterocycles. The van der Waals surface area contributed by atoms with E-state index in [9.17, 15) is 18.0 Å². The third kappa shape index (κ3) is 5.92. The van der Waals surface area contributed by atoms with E-state index in [1.54, 1.807) is 7.11 Å². The Hall–Kier alpha value is -2.33. The molecule has 1 aromatic carbocycles. The number of halogens is 3. The second-order valence-corrected chi connectivity index (χ2v) is 8.31. The number of methoxy groups -OCH3 is 1. The molecule has 1 amide bonds. The minimum Gasteiger partial charge on any atom is -0.496 e. The monoisotopic (exact) mass is 458 g/mol. The van der Waals surface area contributed by atoms with Gasteiger partial charge in [-0.25, -0.2) is 4.79 Å². The highest BCUT2D eigenvalue weighted by atomic mass is 19.4. The Morgan fingerprint density at radius 2 is 1.84 bits per heavy atom. The molecule has 1 aromatic rings. The second-order valence-electron chi connectivity index (χ2n) is 8.31. The van der Waals surface area contributed by atoms with E-state index in [0.717, 1.165) is 64.3 Å². The molecule has 4 rings (SSSR count). The number of piperidine rings is 1. The number of hydrogen-bond donors (Lipinski definition) is 1. The fourth-order valence-electron chi connectivity index (χ4n) is 4.69. The SMILES string of the molecule is COc1ccccc1CN1C[C@H]2OCC[C@H]2[C@H](C(=O)N2CCCC2)C1.O=C(O)C(F)(F)F. The van der Waals surface area contributed by atoms with Crippen molar-refractivity contribution in [1.29, 1.82) is 0 Å². The van der Waals surface area contributed by atoms with Gasteiger partial charge in [-0.05, 0) is 25.3 Å². The van der Waals surface area contributed by atoms with Crippen LogP contribution in [0.3, 0.4) is 0 Å². The average Bonchev–Trinajstić information content (AvgIpc) is 3.45. The number of likely N-dealkylation sites (tertiary alicyclic amines) is 2. The molecule has 10 heteroatoms. The fraction of sp³-hybridized carbons (Fsp3) is 0.636. The van der Waals surface area contributed by atoms with E-state index in [4.69, 9.17) is 19.4 Å². The van der Waals surface area contributed by atoms with E-state index in [0.29, 0.717) is 11.8 Å². The molecule has 0 saturated carbocycles. The first kappa shape index (κ1) is 24.3. The number of nitrogens with zero attached hydrogens (tertiary/aromatic N) is 2. The van der Waals surface area contributed by atoms with Gasteiger partial charge in [-0.2, -0.15) is 13.2 Å². The van der Waals surface area contributed by atoms with Crippen LogP contribution in [0.5, 0.6) is 5.75 Å². The Morgan fingerprint density at radius 3 is 2.47 bits per heavy atom. The molecule has 3 aliphatic heterocycles. The Kier molecular flexibility index (Phi) is 8.00. The van der Waals surface area contributed by atoms with Crippen molar-refractivity contribution in [1.82, 2.24) is 9.80 Å². The fourth-order valence-corrected chi connectivity index (χ4v) is 4.69. The van der Waals surface area contributed by atoms with Crippen molar-refractivity contribution in [2.45, 2.75) is 38.1 Å². The molecule has 0 bridgehead atoms. The van der Waals surface area contributed by atoms with Crippen LogP contribution in [0.1, 0.15) is 24.8 Å². The molecule has 0 unspecified atom stereocenters. The Morgan fingerprint density at radius 1 is 1.19 bits per heavy atom. The van der Waals surface area contributed by atoms with Crippen LogP contribution in [-0.2, 0) is 20.9 Å². The number of alkyl halides is 3. The zero-order valence-electron chi connectivity index (χ0n) is 18.0. The normalized spacial score (nSPS) is 25.6. The van der Waals surface area contributed by atoms with Crippen LogP contribution < -0.4 is 4.74 Å². The number of amides is 1. The van der Waals surface area contributed by atoms with Gasteiger partial charge in [-0.15, -0.1) is 0 Å². The van der Waals surface area contributed by atoms with Crippen molar-refractivity contribution in [3.05, 3.63) is 29.8 Å². The summed E-state index contributed by atoms with van der Waals surface area (Å²) in [4.78, 5) is 26.4. The van der Waals surface area contributed by atoms with Crippen LogP contribution in [0.4, 0.5) is 13.2 Å². The number of hydrogen-bond acceptors (Lipinski definition) is 5. The predicted octanol–water partition coefficient (Wildman–Crippen LogP) is 2.79. The topological polar surface area (TPSA) is 79.3 Å². The van der Waals surface area contributed by atoms with Gasteiger partial charge in [-0.3, -0.25) is 9.69 Å². The average molecular weight is 458 g/mol. The van der Waals surface area contributed by atoms with E-state index in [-0.39, 0.29) is 12.0 Å². The molecule has 178 valence electrons. The number of rotatable bonds is 4. The molecule has 3 saturated heterocycles. The Balaban J connectivity index is 0.000000360. The maximum atomic E-state index is 13.1. The standard InChI is InChI=1S/C20H28N2O3.C2HF3O2/c1-24-18-7-3-2-6-15(18)12-21-13-17(16-8-11-25-19(16)14-21)20(23)22-9-4-5-10-22;3-2(4,5)1(6)7/h2-3,6-7,16-17,19H,4-5,8-14H2,1H3;(H,6,7)/t16-,17+,19+;/m0./s1. The van der Waals surface area contributed by atoms with Crippen molar-refractivity contribution in [2.75, 3.05) is 39.9 Å². The minimum absolute atomic E-state index is 0.0778. The molecule has 0 spiro atoms. The summed E-state index contributed by atoms with van der Waals surface area (Å²) in [7, 11) is 1.71. The van der Waals surface area contributed by atoms with E-state index in [1.807, 2.05) is 18.2 Å². The minimum atomic E-state index is -5.08. The summed E-state index contributed by atoms with van der Waals surface area (Å²) in [5.41, 5.74) is 1.17. The summed E-state index contributed by atoms with van der Waals surface area (Å²) in [6, 6.07) is 8.15. The molecule has 32 heavy (non-hydrogen) atoms. The number of fused-ring (bicyclic) bond motifs is 1. The molecule has 0 aromatic heterocycles. The predicted molar refractivity (Wildman–Crippen MR) is 109 cm³/mol. The maximum Gasteiger partial charge on any atom is 0.490 e. The highest BCUT2D eigenvalue weighted by molar-refractivity contribution is 5.80. The highest BCUT2D eigenvalue weighted by Crippen LogP contribution is 2.36. The molecule has 1 N–H and O–H groups in total. The van der Waals surface area contributed by atoms with Gasteiger partial charge in [-0.1, -0.05) is 18.2 Å². The van der Waals surface area contributed by atoms with Crippen molar-refractivity contribution in [3.8, 4) is 5.75 Å². The molecule has 3 atom stereocenters. The van der Waals surface area contributed by atoms with Crippen molar-refractivity contribution in [3.63, 3.8) is 0 Å². The summed E-state index contributed by atoms with van der Waals surface area (Å²) in [5, 5.41) is 7.12. The van der Waals surface area contributed by atoms with Gasteiger partial charge in [0.25, 0.3) is 0 Å². The maximum absolute atomic E-state index is 13.1. The number of carboxylic acids is 1. The summed E-state index contributed by atoms with van der Waals surface area (Å²) in [5.74, 6) is -1.02. The van der Waals surface area contributed by atoms with Gasteiger partial charge in [0.05, 0.1) is 19.1 Å². The third-order valence-corrected chi connectivity index (χ3v) is 6.23. The first-order valence-corrected chi connectivity index (χ1v) is 10.8. The Labute approximate surface area is 185 Å². The lowest BCUT2D eigenvalue weighted by Gasteiger charge is -2.40. The van der Waals surface area contributed by atoms with Crippen LogP contribution in [0, 0.1) is 11.8 Å². The lowest BCUT2D eigenvalue weighted by molar-refractivity contribution is -0.192. The zero-order valence-corrected chi connectivity index (χ0v) is 18.0. The second kappa shape index (κ2) is 10.5. The summed E-state index contributed by atoms with van der Waals surface area (Å²) in [6.07, 6.45) is -1.57. The smallest absolute Gasteiger partial charge is 0.490 e. The van der Waals surface area contributed by atoms with E-state index >= 15 is 0 Å². The van der Waals surface area contributed by atoms with Crippen LogP contribution in [0.2, 0.25) is 0 Å². The molecule has 3 aliphatic rings. The summed E-state index contributed by atoms with van der Waals surface area (Å²) < 4.78 is 43.2. The molecule has 0 radical (unpaired) electrons. The number of aliphatic carboxylic acids is 1. The highest BCUT2D eigenvalue weighted by Gasteiger charge is 2.45.